The second kappa shape index (κ2) is 6.66. The molecule has 0 radical (unpaired) electrons. The van der Waals surface area contributed by atoms with Crippen LogP contribution in [-0.2, 0) is 6.54 Å². The molecule has 1 aliphatic rings. The van der Waals surface area contributed by atoms with Gasteiger partial charge in [0.2, 0.25) is 5.95 Å². The van der Waals surface area contributed by atoms with Crippen LogP contribution in [0.15, 0.2) is 29.9 Å². The van der Waals surface area contributed by atoms with Gasteiger partial charge < -0.3 is 10.2 Å². The number of nitrogens with one attached hydrogen (secondary N) is 1. The summed E-state index contributed by atoms with van der Waals surface area (Å²) in [7, 11) is 0. The minimum absolute atomic E-state index is 0.440. The number of rotatable bonds is 4. The van der Waals surface area contributed by atoms with E-state index in [9.17, 15) is 0 Å². The number of nitriles is 1. The van der Waals surface area contributed by atoms with Gasteiger partial charge in [-0.2, -0.15) is 5.26 Å². The van der Waals surface area contributed by atoms with Crippen LogP contribution in [0.25, 0.3) is 0 Å². The zero-order valence-electron chi connectivity index (χ0n) is 11.7. The first-order chi connectivity index (χ1) is 10.3. The first kappa shape index (κ1) is 14.0. The van der Waals surface area contributed by atoms with Gasteiger partial charge >= 0.3 is 0 Å². The first-order valence-electron chi connectivity index (χ1n) is 7.08. The smallest absolute Gasteiger partial charge is 0.225 e. The van der Waals surface area contributed by atoms with Gasteiger partial charge in [0.1, 0.15) is 6.07 Å². The summed E-state index contributed by atoms with van der Waals surface area (Å²) >= 11 is 1.64. The molecule has 5 nitrogen and oxygen atoms in total. The number of hydrogen-bond donors (Lipinski definition) is 1. The van der Waals surface area contributed by atoms with Crippen LogP contribution < -0.4 is 10.2 Å². The van der Waals surface area contributed by atoms with E-state index < -0.39 is 0 Å². The maximum atomic E-state index is 8.84. The van der Waals surface area contributed by atoms with Crippen molar-refractivity contribution in [2.75, 3.05) is 18.0 Å². The third kappa shape index (κ3) is 3.57. The first-order valence-corrected chi connectivity index (χ1v) is 7.96. The molecule has 0 aliphatic carbocycles. The molecule has 1 saturated heterocycles. The van der Waals surface area contributed by atoms with Crippen LogP contribution in [0, 0.1) is 11.3 Å². The maximum absolute atomic E-state index is 8.84. The number of anilines is 1. The Morgan fingerprint density at radius 3 is 3.05 bits per heavy atom. The molecule has 0 saturated carbocycles. The summed E-state index contributed by atoms with van der Waals surface area (Å²) in [6, 6.07) is 6.41. The van der Waals surface area contributed by atoms with Crippen molar-refractivity contribution in [2.45, 2.75) is 25.4 Å². The van der Waals surface area contributed by atoms with Crippen LogP contribution >= 0.6 is 11.3 Å². The van der Waals surface area contributed by atoms with Gasteiger partial charge in [-0.3, -0.25) is 0 Å². The summed E-state index contributed by atoms with van der Waals surface area (Å²) < 4.78 is 0. The van der Waals surface area contributed by atoms with Gasteiger partial charge in [-0.15, -0.1) is 11.3 Å². The van der Waals surface area contributed by atoms with Crippen molar-refractivity contribution < 1.29 is 0 Å². The van der Waals surface area contributed by atoms with Crippen molar-refractivity contribution in [3.8, 4) is 6.07 Å². The summed E-state index contributed by atoms with van der Waals surface area (Å²) in [6.45, 7) is 2.76. The van der Waals surface area contributed by atoms with Gasteiger partial charge in [0, 0.05) is 48.3 Å². The molecule has 3 rings (SSSR count). The topological polar surface area (TPSA) is 64.8 Å². The Kier molecular flexibility index (Phi) is 4.43. The third-order valence-electron chi connectivity index (χ3n) is 3.60. The molecular weight excluding hydrogens is 282 g/mol. The van der Waals surface area contributed by atoms with Gasteiger partial charge in [0.25, 0.3) is 0 Å². The largest absolute Gasteiger partial charge is 0.339 e. The Morgan fingerprint density at radius 2 is 2.29 bits per heavy atom. The molecule has 2 aromatic heterocycles. The van der Waals surface area contributed by atoms with Crippen LogP contribution in [-0.4, -0.2) is 29.1 Å². The molecular formula is C15H17N5S. The lowest BCUT2D eigenvalue weighted by Crippen LogP contribution is -2.46. The fraction of sp³-hybridized carbons (Fsp3) is 0.400. The summed E-state index contributed by atoms with van der Waals surface area (Å²) in [4.78, 5) is 12.1. The molecule has 0 aromatic carbocycles. The lowest BCUT2D eigenvalue weighted by atomic mass is 10.1. The van der Waals surface area contributed by atoms with Crippen LogP contribution in [0.2, 0.25) is 0 Å². The summed E-state index contributed by atoms with van der Waals surface area (Å²) in [5, 5.41) is 14.3. The second-order valence-corrected chi connectivity index (χ2v) is 6.12. The predicted molar refractivity (Wildman–Crippen MR) is 83.1 cm³/mol. The molecule has 1 N–H and O–H groups in total. The van der Waals surface area contributed by atoms with E-state index in [1.54, 1.807) is 23.7 Å². The number of piperidine rings is 1. The molecule has 3 heterocycles. The third-order valence-corrected chi connectivity index (χ3v) is 4.54. The maximum Gasteiger partial charge on any atom is 0.225 e. The van der Waals surface area contributed by atoms with E-state index >= 15 is 0 Å². The highest BCUT2D eigenvalue weighted by atomic mass is 32.1. The molecule has 1 aliphatic heterocycles. The number of hydrogen-bond acceptors (Lipinski definition) is 6. The van der Waals surface area contributed by atoms with Crippen molar-refractivity contribution in [1.82, 2.24) is 15.3 Å². The predicted octanol–water partition coefficient (Wildman–Crippen LogP) is 2.17. The van der Waals surface area contributed by atoms with Crippen LogP contribution in [0.5, 0.6) is 0 Å². The number of thiophene rings is 1. The molecule has 1 atom stereocenters. The van der Waals surface area contributed by atoms with E-state index in [-0.39, 0.29) is 0 Å². The van der Waals surface area contributed by atoms with E-state index in [2.05, 4.69) is 26.3 Å². The second-order valence-electron chi connectivity index (χ2n) is 5.13. The fourth-order valence-corrected chi connectivity index (χ4v) is 3.32. The van der Waals surface area contributed by atoms with Crippen molar-refractivity contribution in [1.29, 1.82) is 5.26 Å². The minimum Gasteiger partial charge on any atom is -0.339 e. The summed E-state index contributed by atoms with van der Waals surface area (Å²) in [6.07, 6.45) is 5.88. The molecule has 108 valence electrons. The van der Waals surface area contributed by atoms with E-state index in [1.165, 1.54) is 11.3 Å². The Hall–Kier alpha value is -1.97. The standard InChI is InChI=1S/C15H17N5S/c16-8-12-7-14(21-11-12)9-19-13-3-1-6-20(10-13)15-17-4-2-5-18-15/h2,4-5,7,11,13,19H,1,3,6,9-10H2. The van der Waals surface area contributed by atoms with E-state index in [0.29, 0.717) is 6.04 Å². The molecule has 6 heteroatoms. The molecule has 1 unspecified atom stereocenters. The molecule has 1 fully saturated rings. The Morgan fingerprint density at radius 1 is 1.43 bits per heavy atom. The highest BCUT2D eigenvalue weighted by Crippen LogP contribution is 2.17. The number of aromatic nitrogens is 2. The average molecular weight is 299 g/mol. The van der Waals surface area contributed by atoms with Gasteiger partial charge in [-0.05, 0) is 25.0 Å². The summed E-state index contributed by atoms with van der Waals surface area (Å²) in [5.74, 6) is 0.812. The van der Waals surface area contributed by atoms with E-state index in [1.807, 2.05) is 17.5 Å². The van der Waals surface area contributed by atoms with E-state index in [0.717, 1.165) is 37.6 Å². The van der Waals surface area contributed by atoms with Gasteiger partial charge in [-0.25, -0.2) is 9.97 Å². The zero-order chi connectivity index (χ0) is 14.5. The molecule has 0 spiro atoms. The Labute approximate surface area is 128 Å². The Balaban J connectivity index is 1.55. The number of nitrogens with zero attached hydrogens (tertiary/aromatic N) is 4. The van der Waals surface area contributed by atoms with Gasteiger partial charge in [0.15, 0.2) is 0 Å². The fourth-order valence-electron chi connectivity index (χ4n) is 2.56. The van der Waals surface area contributed by atoms with Gasteiger partial charge in [0.05, 0.1) is 5.56 Å². The van der Waals surface area contributed by atoms with Crippen molar-refractivity contribution in [3.05, 3.63) is 40.3 Å². The SMILES string of the molecule is N#Cc1csc(CNC2CCCN(c3ncccn3)C2)c1. The van der Waals surface area contributed by atoms with Crippen LogP contribution in [0.1, 0.15) is 23.3 Å². The summed E-state index contributed by atoms with van der Waals surface area (Å²) in [5.41, 5.74) is 0.750. The average Bonchev–Trinajstić information content (AvgIpc) is 3.02. The van der Waals surface area contributed by atoms with E-state index in [4.69, 9.17) is 5.26 Å². The monoisotopic (exact) mass is 299 g/mol. The molecule has 0 amide bonds. The molecule has 0 bridgehead atoms. The zero-order valence-corrected chi connectivity index (χ0v) is 12.5. The molecule has 2 aromatic rings. The van der Waals surface area contributed by atoms with Crippen LogP contribution in [0.4, 0.5) is 5.95 Å². The van der Waals surface area contributed by atoms with Crippen LogP contribution in [0.3, 0.4) is 0 Å². The van der Waals surface area contributed by atoms with Crippen molar-refractivity contribution in [3.63, 3.8) is 0 Å². The lowest BCUT2D eigenvalue weighted by molar-refractivity contribution is 0.419. The quantitative estimate of drug-likeness (QED) is 0.937. The minimum atomic E-state index is 0.440. The highest BCUT2D eigenvalue weighted by molar-refractivity contribution is 7.10. The Bertz CT molecular complexity index is 618. The molecule has 21 heavy (non-hydrogen) atoms. The van der Waals surface area contributed by atoms with Gasteiger partial charge in [-0.1, -0.05) is 0 Å². The normalized spacial score (nSPS) is 18.4. The highest BCUT2D eigenvalue weighted by Gasteiger charge is 2.21. The van der Waals surface area contributed by atoms with Crippen molar-refractivity contribution >= 4 is 17.3 Å². The van der Waals surface area contributed by atoms with Crippen molar-refractivity contribution in [2.24, 2.45) is 0 Å². The lowest BCUT2D eigenvalue weighted by Gasteiger charge is -2.33.